The van der Waals surface area contributed by atoms with Crippen molar-refractivity contribution in [3.05, 3.63) is 41.3 Å². The topological polar surface area (TPSA) is 104 Å². The van der Waals surface area contributed by atoms with E-state index < -0.39 is 0 Å². The molecule has 9 heteroatoms. The van der Waals surface area contributed by atoms with Crippen LogP contribution in [0.25, 0.3) is 5.69 Å². The van der Waals surface area contributed by atoms with Gasteiger partial charge in [0.15, 0.2) is 5.96 Å². The average molecular weight is 541 g/mol. The maximum atomic E-state index is 13.2. The Bertz CT molecular complexity index is 867. The predicted molar refractivity (Wildman–Crippen MR) is 134 cm³/mol. The molecule has 2 aromatic rings. The first-order valence-corrected chi connectivity index (χ1v) is 10.6. The average Bonchev–Trinajstić information content (AvgIpc) is 3.07. The van der Waals surface area contributed by atoms with Crippen molar-refractivity contribution >= 4 is 35.8 Å². The molecule has 0 aliphatic rings. The molecule has 2 rings (SSSR count). The summed E-state index contributed by atoms with van der Waals surface area (Å²) in [5.41, 5.74) is 7.74. The highest BCUT2D eigenvalue weighted by atomic mass is 127. The minimum absolute atomic E-state index is 0. The van der Waals surface area contributed by atoms with E-state index >= 15 is 0 Å². The number of aryl methyl sites for hydroxylation is 1. The van der Waals surface area contributed by atoms with E-state index in [0.717, 1.165) is 38.3 Å². The van der Waals surface area contributed by atoms with Crippen LogP contribution in [0, 0.1) is 23.1 Å². The lowest BCUT2D eigenvalue weighted by molar-refractivity contribution is 0.504. The summed E-state index contributed by atoms with van der Waals surface area (Å²) in [5.74, 6) is 1.34. The van der Waals surface area contributed by atoms with Crippen molar-refractivity contribution in [1.82, 2.24) is 20.4 Å². The molecule has 0 saturated carbocycles. The summed E-state index contributed by atoms with van der Waals surface area (Å²) in [7, 11) is 0. The lowest BCUT2D eigenvalue weighted by Crippen LogP contribution is -2.38. The third kappa shape index (κ3) is 7.69. The Morgan fingerprint density at radius 2 is 1.90 bits per heavy atom. The van der Waals surface area contributed by atoms with Gasteiger partial charge in [0, 0.05) is 19.6 Å². The first kappa shape index (κ1) is 26.7. The Morgan fingerprint density at radius 1 is 1.23 bits per heavy atom. The van der Waals surface area contributed by atoms with Gasteiger partial charge in [-0.25, -0.2) is 9.07 Å². The van der Waals surface area contributed by atoms with Gasteiger partial charge in [0.05, 0.1) is 11.4 Å². The number of rotatable bonds is 10. The number of benzene rings is 1. The van der Waals surface area contributed by atoms with Crippen molar-refractivity contribution in [3.8, 4) is 11.8 Å². The number of hydrogen-bond acceptors (Lipinski definition) is 4. The third-order valence-corrected chi connectivity index (χ3v) is 5.07. The lowest BCUT2D eigenvalue weighted by atomic mass is 10.0. The number of guanidine groups is 1. The number of hydrogen-bond donors (Lipinski definition) is 3. The Balaban J connectivity index is 0.00000480. The Hall–Kier alpha value is -2.35. The van der Waals surface area contributed by atoms with Gasteiger partial charge < -0.3 is 16.4 Å². The molecule has 0 radical (unpaired) electrons. The first-order chi connectivity index (χ1) is 14.5. The maximum Gasteiger partial charge on any atom is 0.191 e. The molecule has 0 bridgehead atoms. The van der Waals surface area contributed by atoms with Crippen molar-refractivity contribution in [2.24, 2.45) is 10.9 Å². The number of nitrogens with two attached hydrogens (primary N) is 1. The Kier molecular flexibility index (Phi) is 11.9. The lowest BCUT2D eigenvalue weighted by Gasteiger charge is -2.13. The van der Waals surface area contributed by atoms with Gasteiger partial charge >= 0.3 is 0 Å². The summed E-state index contributed by atoms with van der Waals surface area (Å²) in [6.07, 6.45) is 3.60. The van der Waals surface area contributed by atoms with Crippen molar-refractivity contribution < 1.29 is 4.39 Å². The van der Waals surface area contributed by atoms with E-state index in [1.807, 2.05) is 6.92 Å². The number of nitrogens with one attached hydrogen (secondary N) is 2. The molecule has 0 fully saturated rings. The molecule has 170 valence electrons. The van der Waals surface area contributed by atoms with E-state index in [-0.39, 0.29) is 35.6 Å². The molecule has 4 N–H and O–H groups in total. The molecule has 0 aliphatic carbocycles. The molecule has 7 nitrogen and oxygen atoms in total. The molecule has 0 aliphatic heterocycles. The van der Waals surface area contributed by atoms with Crippen molar-refractivity contribution in [3.63, 3.8) is 0 Å². The standard InChI is InChI=1S/C22H32FN7.HI/c1-4-16(5-2)15-28-22(26-6-3)27-13-7-8-20-19(14-24)21(25)30(29-20)18-11-9-17(23)10-12-18;/h9-12,16H,4-8,13,15,25H2,1-3H3,(H2,26,27,28);1H. The summed E-state index contributed by atoms with van der Waals surface area (Å²) in [6.45, 7) is 8.72. The van der Waals surface area contributed by atoms with Gasteiger partial charge in [-0.3, -0.25) is 4.99 Å². The minimum atomic E-state index is -0.335. The zero-order valence-electron chi connectivity index (χ0n) is 18.5. The fourth-order valence-electron chi connectivity index (χ4n) is 3.13. The van der Waals surface area contributed by atoms with Gasteiger partial charge in [-0.15, -0.1) is 24.0 Å². The van der Waals surface area contributed by atoms with Crippen LogP contribution in [0.15, 0.2) is 29.3 Å². The number of nitriles is 1. The SMILES string of the molecule is CCNC(=NCC(CC)CC)NCCCc1nn(-c2ccc(F)cc2)c(N)c1C#N.I. The van der Waals surface area contributed by atoms with Crippen LogP contribution in [0.2, 0.25) is 0 Å². The zero-order valence-corrected chi connectivity index (χ0v) is 20.8. The van der Waals surface area contributed by atoms with Crippen LogP contribution in [-0.4, -0.2) is 35.4 Å². The van der Waals surface area contributed by atoms with Crippen LogP contribution in [0.4, 0.5) is 10.2 Å². The van der Waals surface area contributed by atoms with Gasteiger partial charge in [-0.1, -0.05) is 26.7 Å². The highest BCUT2D eigenvalue weighted by molar-refractivity contribution is 14.0. The van der Waals surface area contributed by atoms with Crippen molar-refractivity contribution in [2.75, 3.05) is 25.4 Å². The van der Waals surface area contributed by atoms with Crippen LogP contribution < -0.4 is 16.4 Å². The largest absolute Gasteiger partial charge is 0.382 e. The molecule has 0 atom stereocenters. The number of aliphatic imine (C=N–C) groups is 1. The Morgan fingerprint density at radius 3 is 2.48 bits per heavy atom. The Labute approximate surface area is 201 Å². The molecule has 0 amide bonds. The number of nitrogen functional groups attached to an aromatic ring is 1. The second-order valence-electron chi connectivity index (χ2n) is 7.14. The normalized spacial score (nSPS) is 11.2. The molecule has 0 spiro atoms. The van der Waals surface area contributed by atoms with Crippen LogP contribution in [0.1, 0.15) is 51.3 Å². The van der Waals surface area contributed by atoms with Crippen molar-refractivity contribution in [1.29, 1.82) is 5.26 Å². The maximum absolute atomic E-state index is 13.2. The molecule has 31 heavy (non-hydrogen) atoms. The van der Waals surface area contributed by atoms with E-state index in [9.17, 15) is 9.65 Å². The minimum Gasteiger partial charge on any atom is -0.382 e. The smallest absolute Gasteiger partial charge is 0.191 e. The molecule has 0 unspecified atom stereocenters. The van der Waals surface area contributed by atoms with Crippen LogP contribution >= 0.6 is 24.0 Å². The van der Waals surface area contributed by atoms with E-state index in [0.29, 0.717) is 35.8 Å². The van der Waals surface area contributed by atoms with Gasteiger partial charge in [0.2, 0.25) is 0 Å². The summed E-state index contributed by atoms with van der Waals surface area (Å²) in [6, 6.07) is 8.00. The fraction of sp³-hybridized carbons (Fsp3) is 0.500. The summed E-state index contributed by atoms with van der Waals surface area (Å²) in [5, 5.41) is 20.6. The number of aromatic nitrogens is 2. The van der Waals surface area contributed by atoms with E-state index in [1.54, 1.807) is 12.1 Å². The predicted octanol–water partition coefficient (Wildman–Crippen LogP) is 4.01. The number of anilines is 1. The quantitative estimate of drug-likeness (QED) is 0.183. The third-order valence-electron chi connectivity index (χ3n) is 5.07. The molecule has 1 aromatic carbocycles. The number of nitrogens with zero attached hydrogens (tertiary/aromatic N) is 4. The van der Waals surface area contributed by atoms with Crippen LogP contribution in [0.3, 0.4) is 0 Å². The van der Waals surface area contributed by atoms with Crippen LogP contribution in [-0.2, 0) is 6.42 Å². The molecular weight excluding hydrogens is 508 g/mol. The summed E-state index contributed by atoms with van der Waals surface area (Å²) >= 11 is 0. The van der Waals surface area contributed by atoms with Gasteiger partial charge in [0.1, 0.15) is 23.3 Å². The van der Waals surface area contributed by atoms with E-state index in [4.69, 9.17) is 5.73 Å². The van der Waals surface area contributed by atoms with Gasteiger partial charge in [-0.05, 0) is 49.9 Å². The van der Waals surface area contributed by atoms with Gasteiger partial charge in [-0.2, -0.15) is 10.4 Å². The molecule has 1 heterocycles. The molecule has 0 saturated heterocycles. The van der Waals surface area contributed by atoms with E-state index in [2.05, 4.69) is 40.6 Å². The highest BCUT2D eigenvalue weighted by Crippen LogP contribution is 2.21. The highest BCUT2D eigenvalue weighted by Gasteiger charge is 2.16. The summed E-state index contributed by atoms with van der Waals surface area (Å²) in [4.78, 5) is 4.67. The van der Waals surface area contributed by atoms with Crippen molar-refractivity contribution in [2.45, 2.75) is 46.5 Å². The fourth-order valence-corrected chi connectivity index (χ4v) is 3.13. The second-order valence-corrected chi connectivity index (χ2v) is 7.14. The molecular formula is C22H33FIN7. The second kappa shape index (κ2) is 13.9. The monoisotopic (exact) mass is 541 g/mol. The van der Waals surface area contributed by atoms with Crippen LogP contribution in [0.5, 0.6) is 0 Å². The first-order valence-electron chi connectivity index (χ1n) is 10.6. The van der Waals surface area contributed by atoms with E-state index in [1.165, 1.54) is 16.8 Å². The number of halogens is 2. The molecule has 1 aromatic heterocycles. The zero-order chi connectivity index (χ0) is 21.9. The summed E-state index contributed by atoms with van der Waals surface area (Å²) < 4.78 is 14.7. The van der Waals surface area contributed by atoms with Gasteiger partial charge in [0.25, 0.3) is 0 Å².